The molecule has 0 bridgehead atoms. The second-order valence-corrected chi connectivity index (χ2v) is 4.27. The van der Waals surface area contributed by atoms with E-state index in [1.165, 1.54) is 0 Å². The Bertz CT molecular complexity index is 494. The van der Waals surface area contributed by atoms with Crippen LogP contribution in [-0.4, -0.2) is 17.6 Å². The monoisotopic (exact) mass is 262 g/mol. The first kappa shape index (κ1) is 12.7. The van der Waals surface area contributed by atoms with Gasteiger partial charge in [-0.15, -0.1) is 0 Å². The van der Waals surface area contributed by atoms with Crippen LogP contribution in [0.2, 0.25) is 0 Å². The molecule has 0 heterocycles. The molecule has 0 radical (unpaired) electrons. The Morgan fingerprint density at radius 2 is 1.94 bits per heavy atom. The van der Waals surface area contributed by atoms with E-state index in [0.717, 1.165) is 18.2 Å². The summed E-state index contributed by atoms with van der Waals surface area (Å²) in [5.74, 6) is -1.62. The van der Waals surface area contributed by atoms with Crippen LogP contribution in [0.1, 0.15) is 23.2 Å². The largest absolute Gasteiger partial charge is 0.411 e. The van der Waals surface area contributed by atoms with Crippen molar-refractivity contribution in [2.24, 2.45) is 0 Å². The van der Waals surface area contributed by atoms with Crippen LogP contribution in [0.5, 0.6) is 0 Å². The predicted molar refractivity (Wildman–Crippen MR) is 56.3 cm³/mol. The Kier molecular flexibility index (Phi) is 2.71. The van der Waals surface area contributed by atoms with Crippen molar-refractivity contribution in [2.75, 3.05) is 5.73 Å². The smallest absolute Gasteiger partial charge is 0.396 e. The van der Waals surface area contributed by atoms with Crippen LogP contribution in [0.3, 0.4) is 0 Å². The number of amides is 1. The van der Waals surface area contributed by atoms with Gasteiger partial charge in [0.05, 0.1) is 5.69 Å². The highest BCUT2D eigenvalue weighted by atomic mass is 19.4. The fourth-order valence-electron chi connectivity index (χ4n) is 1.58. The molecule has 1 aromatic carbocycles. The van der Waals surface area contributed by atoms with Crippen LogP contribution in [0, 0.1) is 5.82 Å². The molecular weight excluding hydrogens is 252 g/mol. The van der Waals surface area contributed by atoms with E-state index in [9.17, 15) is 22.4 Å². The summed E-state index contributed by atoms with van der Waals surface area (Å²) >= 11 is 0. The van der Waals surface area contributed by atoms with Gasteiger partial charge in [0.2, 0.25) is 0 Å². The third-order valence-electron chi connectivity index (χ3n) is 2.90. The van der Waals surface area contributed by atoms with Crippen molar-refractivity contribution in [1.82, 2.24) is 5.32 Å². The Hall–Kier alpha value is -1.79. The average molecular weight is 262 g/mol. The Morgan fingerprint density at radius 3 is 2.39 bits per heavy atom. The van der Waals surface area contributed by atoms with E-state index in [4.69, 9.17) is 5.73 Å². The number of carbonyl (C=O) groups excluding carboxylic acids is 1. The number of alkyl halides is 3. The summed E-state index contributed by atoms with van der Waals surface area (Å²) in [6.45, 7) is 0. The van der Waals surface area contributed by atoms with Crippen LogP contribution in [-0.2, 0) is 0 Å². The summed E-state index contributed by atoms with van der Waals surface area (Å²) in [7, 11) is 0. The number of rotatable bonds is 2. The molecule has 0 aromatic heterocycles. The minimum atomic E-state index is -4.48. The van der Waals surface area contributed by atoms with Crippen LogP contribution >= 0.6 is 0 Å². The Labute approximate surface area is 100.0 Å². The molecule has 18 heavy (non-hydrogen) atoms. The standard InChI is InChI=1S/C11H10F4N2O/c12-7-2-1-6(5-8(7)16)9(18)17-10(3-4-10)11(13,14)15/h1-2,5H,3-4,16H2,(H,17,18). The molecule has 1 fully saturated rings. The van der Waals surface area contributed by atoms with Crippen molar-refractivity contribution in [1.29, 1.82) is 0 Å². The maximum absolute atomic E-state index is 12.9. The summed E-state index contributed by atoms with van der Waals surface area (Å²) in [5, 5.41) is 1.93. The zero-order valence-electron chi connectivity index (χ0n) is 9.14. The lowest BCUT2D eigenvalue weighted by molar-refractivity contribution is -0.163. The zero-order valence-corrected chi connectivity index (χ0v) is 9.14. The van der Waals surface area contributed by atoms with Crippen molar-refractivity contribution in [2.45, 2.75) is 24.6 Å². The Balaban J connectivity index is 2.16. The highest BCUT2D eigenvalue weighted by Gasteiger charge is 2.64. The number of nitrogens with one attached hydrogen (secondary N) is 1. The first-order valence-electron chi connectivity index (χ1n) is 5.19. The van der Waals surface area contributed by atoms with E-state index < -0.39 is 23.4 Å². The third kappa shape index (κ3) is 2.12. The molecule has 0 aliphatic heterocycles. The van der Waals surface area contributed by atoms with Crippen molar-refractivity contribution in [3.63, 3.8) is 0 Å². The maximum atomic E-state index is 12.9. The Morgan fingerprint density at radius 1 is 1.33 bits per heavy atom. The van der Waals surface area contributed by atoms with Gasteiger partial charge < -0.3 is 11.1 Å². The molecule has 1 aliphatic rings. The number of hydrogen-bond donors (Lipinski definition) is 2. The lowest BCUT2D eigenvalue weighted by atomic mass is 10.1. The molecule has 0 atom stereocenters. The van der Waals surface area contributed by atoms with Crippen molar-refractivity contribution in [3.05, 3.63) is 29.6 Å². The molecule has 1 aromatic rings. The van der Waals surface area contributed by atoms with Gasteiger partial charge in [-0.25, -0.2) is 4.39 Å². The molecule has 0 unspecified atom stereocenters. The van der Waals surface area contributed by atoms with Crippen molar-refractivity contribution < 1.29 is 22.4 Å². The van der Waals surface area contributed by atoms with Gasteiger partial charge in [0.25, 0.3) is 5.91 Å². The van der Waals surface area contributed by atoms with Gasteiger partial charge >= 0.3 is 6.18 Å². The van der Waals surface area contributed by atoms with Crippen molar-refractivity contribution in [3.8, 4) is 0 Å². The topological polar surface area (TPSA) is 55.1 Å². The van der Waals surface area contributed by atoms with Gasteiger partial charge in [0.15, 0.2) is 0 Å². The van der Waals surface area contributed by atoms with Gasteiger partial charge in [-0.1, -0.05) is 0 Å². The molecule has 3 nitrogen and oxygen atoms in total. The fourth-order valence-corrected chi connectivity index (χ4v) is 1.58. The van der Waals surface area contributed by atoms with Gasteiger partial charge in [-0.3, -0.25) is 4.79 Å². The lowest BCUT2D eigenvalue weighted by Gasteiger charge is -2.20. The molecule has 3 N–H and O–H groups in total. The average Bonchev–Trinajstić information content (AvgIpc) is 3.02. The van der Waals surface area contributed by atoms with Crippen LogP contribution in [0.25, 0.3) is 0 Å². The highest BCUT2D eigenvalue weighted by Crippen LogP contribution is 2.49. The van der Waals surface area contributed by atoms with Gasteiger partial charge in [0.1, 0.15) is 11.4 Å². The van der Waals surface area contributed by atoms with E-state index in [1.807, 2.05) is 5.32 Å². The normalized spacial score (nSPS) is 17.3. The predicted octanol–water partition coefficient (Wildman–Crippen LogP) is 2.23. The van der Waals surface area contributed by atoms with Gasteiger partial charge in [0, 0.05) is 5.56 Å². The highest BCUT2D eigenvalue weighted by molar-refractivity contribution is 5.95. The van der Waals surface area contributed by atoms with Crippen molar-refractivity contribution >= 4 is 11.6 Å². The molecular formula is C11H10F4N2O. The van der Waals surface area contributed by atoms with E-state index >= 15 is 0 Å². The SMILES string of the molecule is Nc1cc(C(=O)NC2(C(F)(F)F)CC2)ccc1F. The molecule has 98 valence electrons. The summed E-state index contributed by atoms with van der Waals surface area (Å²) in [6, 6.07) is 3.04. The lowest BCUT2D eigenvalue weighted by Crippen LogP contribution is -2.47. The summed E-state index contributed by atoms with van der Waals surface area (Å²) in [6.07, 6.45) is -4.76. The third-order valence-corrected chi connectivity index (χ3v) is 2.90. The van der Waals surface area contributed by atoms with Crippen LogP contribution in [0.15, 0.2) is 18.2 Å². The summed E-state index contributed by atoms with van der Waals surface area (Å²) in [5.41, 5.74) is 2.74. The molecule has 1 amide bonds. The minimum Gasteiger partial charge on any atom is -0.396 e. The number of hydrogen-bond acceptors (Lipinski definition) is 2. The maximum Gasteiger partial charge on any atom is 0.411 e. The summed E-state index contributed by atoms with van der Waals surface area (Å²) < 4.78 is 50.7. The second-order valence-electron chi connectivity index (χ2n) is 4.27. The number of anilines is 1. The molecule has 0 spiro atoms. The molecule has 7 heteroatoms. The number of nitrogens with two attached hydrogens (primary N) is 1. The minimum absolute atomic E-state index is 0.0931. The van der Waals surface area contributed by atoms with Gasteiger partial charge in [-0.2, -0.15) is 13.2 Å². The van der Waals surface area contributed by atoms with Gasteiger partial charge in [-0.05, 0) is 31.0 Å². The zero-order chi connectivity index (χ0) is 13.6. The van der Waals surface area contributed by atoms with Crippen LogP contribution in [0.4, 0.5) is 23.2 Å². The molecule has 1 aliphatic carbocycles. The summed E-state index contributed by atoms with van der Waals surface area (Å²) in [4.78, 5) is 11.6. The van der Waals surface area contributed by atoms with E-state index in [2.05, 4.69) is 0 Å². The first-order valence-corrected chi connectivity index (χ1v) is 5.19. The molecule has 2 rings (SSSR count). The van der Waals surface area contributed by atoms with Crippen LogP contribution < -0.4 is 11.1 Å². The fraction of sp³-hybridized carbons (Fsp3) is 0.364. The van der Waals surface area contributed by atoms with E-state index in [1.54, 1.807) is 0 Å². The van der Waals surface area contributed by atoms with E-state index in [0.29, 0.717) is 0 Å². The second kappa shape index (κ2) is 3.86. The number of carbonyl (C=O) groups is 1. The molecule has 1 saturated carbocycles. The van der Waals surface area contributed by atoms with E-state index in [-0.39, 0.29) is 24.1 Å². The first-order chi connectivity index (χ1) is 8.25. The molecule has 0 saturated heterocycles. The quantitative estimate of drug-likeness (QED) is 0.634. The number of halogens is 4. The number of benzene rings is 1. The number of nitrogen functional groups attached to an aromatic ring is 1.